The predicted molar refractivity (Wildman–Crippen MR) is 207 cm³/mol. The zero-order chi connectivity index (χ0) is 37.4. The third-order valence-corrected chi connectivity index (χ3v) is 11.0. The number of pyridine rings is 1. The highest BCUT2D eigenvalue weighted by Gasteiger charge is 2.29. The Morgan fingerprint density at radius 2 is 1.83 bits per heavy atom. The minimum absolute atomic E-state index is 0.0802. The predicted octanol–water partition coefficient (Wildman–Crippen LogP) is 7.80. The molecule has 4 aromatic rings. The van der Waals surface area contributed by atoms with Crippen LogP contribution in [0.25, 0.3) is 11.1 Å². The molecule has 1 aliphatic carbocycles. The Morgan fingerprint density at radius 3 is 2.65 bits per heavy atom. The first-order valence-electron chi connectivity index (χ1n) is 19.0. The van der Waals surface area contributed by atoms with Crippen molar-refractivity contribution in [2.45, 2.75) is 83.3 Å². The van der Waals surface area contributed by atoms with Crippen LogP contribution >= 0.6 is 11.6 Å². The summed E-state index contributed by atoms with van der Waals surface area (Å²) in [5.74, 6) is 2.11. The second kappa shape index (κ2) is 17.6. The minimum Gasteiger partial charge on any atom is -0.493 e. The summed E-state index contributed by atoms with van der Waals surface area (Å²) >= 11 is 6.91. The van der Waals surface area contributed by atoms with Crippen molar-refractivity contribution in [3.63, 3.8) is 0 Å². The van der Waals surface area contributed by atoms with Crippen LogP contribution in [-0.4, -0.2) is 60.8 Å². The normalized spacial score (nSPS) is 18.6. The maximum absolute atomic E-state index is 13.5. The largest absolute Gasteiger partial charge is 0.493 e. The average Bonchev–Trinajstić information content (AvgIpc) is 3.80. The van der Waals surface area contributed by atoms with Gasteiger partial charge in [-0.15, -0.1) is 0 Å². The number of nitriles is 1. The fourth-order valence-electron chi connectivity index (χ4n) is 7.74. The molecule has 3 aromatic carbocycles. The number of aromatic nitrogens is 1. The molecule has 7 rings (SSSR count). The number of fused-ring (bicyclic) bond motifs is 1. The van der Waals surface area contributed by atoms with E-state index >= 15 is 0 Å². The maximum atomic E-state index is 13.5. The number of carbonyl (C=O) groups is 1. The van der Waals surface area contributed by atoms with Gasteiger partial charge in [0, 0.05) is 74.8 Å². The van der Waals surface area contributed by atoms with E-state index in [1.54, 1.807) is 12.3 Å². The van der Waals surface area contributed by atoms with Gasteiger partial charge in [-0.1, -0.05) is 41.9 Å². The van der Waals surface area contributed by atoms with Gasteiger partial charge >= 0.3 is 0 Å². The van der Waals surface area contributed by atoms with Gasteiger partial charge in [0.1, 0.15) is 42.2 Å². The summed E-state index contributed by atoms with van der Waals surface area (Å²) in [6.45, 7) is 6.63. The smallest absolute Gasteiger partial charge is 0.220 e. The van der Waals surface area contributed by atoms with Crippen LogP contribution in [-0.2, 0) is 24.4 Å². The number of carbonyl (C=O) groups excluding carboxylic acids is 1. The number of ether oxygens (including phenoxy) is 3. The molecule has 2 saturated heterocycles. The number of rotatable bonds is 15. The number of benzene rings is 3. The first-order chi connectivity index (χ1) is 26.3. The van der Waals surface area contributed by atoms with Crippen LogP contribution in [0.1, 0.15) is 78.0 Å². The second-order valence-corrected chi connectivity index (χ2v) is 14.9. The van der Waals surface area contributed by atoms with E-state index in [2.05, 4.69) is 63.8 Å². The van der Waals surface area contributed by atoms with Crippen LogP contribution in [0.4, 0.5) is 4.39 Å². The molecule has 1 aromatic heterocycles. The summed E-state index contributed by atoms with van der Waals surface area (Å²) in [7, 11) is 0. The Balaban J connectivity index is 1.05. The van der Waals surface area contributed by atoms with Crippen LogP contribution in [0.2, 0.25) is 5.02 Å². The number of hydrogen-bond acceptors (Lipinski definition) is 8. The summed E-state index contributed by atoms with van der Waals surface area (Å²) in [5, 5.41) is 16.3. The van der Waals surface area contributed by atoms with E-state index in [1.807, 2.05) is 18.2 Å². The van der Waals surface area contributed by atoms with Crippen molar-refractivity contribution < 1.29 is 23.4 Å². The summed E-state index contributed by atoms with van der Waals surface area (Å²) < 4.78 is 32.8. The Bertz CT molecular complexity index is 2000. The van der Waals surface area contributed by atoms with Crippen molar-refractivity contribution in [3.8, 4) is 34.4 Å². The summed E-state index contributed by atoms with van der Waals surface area (Å²) in [5.41, 5.74) is 7.92. The van der Waals surface area contributed by atoms with E-state index in [1.165, 1.54) is 17.3 Å². The van der Waals surface area contributed by atoms with Gasteiger partial charge < -0.3 is 29.7 Å². The number of amides is 1. The van der Waals surface area contributed by atoms with Gasteiger partial charge in [-0.05, 0) is 91.5 Å². The minimum atomic E-state index is -0.654. The number of nitrogens with one attached hydrogen (secondary N) is 2. The molecule has 3 aliphatic rings. The molecule has 2 N–H and O–H groups in total. The lowest BCUT2D eigenvalue weighted by Crippen LogP contribution is -2.35. The Kier molecular flexibility index (Phi) is 12.3. The molecule has 0 radical (unpaired) electrons. The van der Waals surface area contributed by atoms with Crippen molar-refractivity contribution >= 4 is 17.5 Å². The molecule has 1 amide bonds. The molecule has 282 valence electrons. The average molecular weight is 752 g/mol. The third-order valence-electron chi connectivity index (χ3n) is 10.7. The van der Waals surface area contributed by atoms with Gasteiger partial charge in [-0.3, -0.25) is 9.78 Å². The quantitative estimate of drug-likeness (QED) is 0.119. The number of piperidine rings is 1. The van der Waals surface area contributed by atoms with Crippen molar-refractivity contribution in [1.29, 1.82) is 5.26 Å². The number of nitrogens with zero attached hydrogens (tertiary/aromatic N) is 3. The van der Waals surface area contributed by atoms with Crippen LogP contribution in [0, 0.1) is 18.3 Å². The first kappa shape index (κ1) is 37.6. The summed E-state index contributed by atoms with van der Waals surface area (Å²) in [6.07, 6.45) is 7.53. The second-order valence-electron chi connectivity index (χ2n) is 14.5. The van der Waals surface area contributed by atoms with Gasteiger partial charge in [0.2, 0.25) is 5.91 Å². The Hall–Kier alpha value is -4.69. The Labute approximate surface area is 321 Å². The van der Waals surface area contributed by atoms with Crippen LogP contribution < -0.4 is 24.8 Å². The van der Waals surface area contributed by atoms with Gasteiger partial charge in [-0.2, -0.15) is 5.26 Å². The van der Waals surface area contributed by atoms with Crippen molar-refractivity contribution in [2.75, 3.05) is 32.8 Å². The fourth-order valence-corrected chi connectivity index (χ4v) is 7.97. The molecular formula is C43H47ClFN5O4. The van der Waals surface area contributed by atoms with E-state index in [-0.39, 0.29) is 24.7 Å². The van der Waals surface area contributed by atoms with E-state index in [9.17, 15) is 14.4 Å². The molecule has 11 heteroatoms. The standard InChI is InChI=1S/C43H47ClFN5O4/c1-28-34(5-3-8-39(28)52-18-4-15-50-16-13-32(45)14-17-50)35-6-2-7-37-36(35)10-11-40(37)54-42-21-41(53-27-30-19-29(22-46)23-47-24-30)31(20-38(42)44)25-48-26-33-9-12-43(51)49-33/h2-3,5-8,19-21,23-24,32-33,40,48H,4,9-18,25-27H2,1H3,(H,49,51)/t33-,40-/m0/s1. The van der Waals surface area contributed by atoms with Gasteiger partial charge in [0.05, 0.1) is 17.2 Å². The monoisotopic (exact) mass is 751 g/mol. The van der Waals surface area contributed by atoms with Crippen LogP contribution in [0.3, 0.4) is 0 Å². The molecule has 0 unspecified atom stereocenters. The lowest BCUT2D eigenvalue weighted by atomic mass is 9.93. The van der Waals surface area contributed by atoms with E-state index in [0.717, 1.165) is 78.9 Å². The number of hydrogen-bond donors (Lipinski definition) is 2. The summed E-state index contributed by atoms with van der Waals surface area (Å²) in [6, 6.07) is 20.4. The maximum Gasteiger partial charge on any atom is 0.220 e. The van der Waals surface area contributed by atoms with Gasteiger partial charge in [-0.25, -0.2) is 4.39 Å². The van der Waals surface area contributed by atoms with E-state index in [0.29, 0.717) is 61.0 Å². The lowest BCUT2D eigenvalue weighted by molar-refractivity contribution is -0.119. The molecule has 0 saturated carbocycles. The topological polar surface area (TPSA) is 109 Å². The van der Waals surface area contributed by atoms with E-state index in [4.69, 9.17) is 25.8 Å². The molecule has 9 nitrogen and oxygen atoms in total. The van der Waals surface area contributed by atoms with Gasteiger partial charge in [0.15, 0.2) is 0 Å². The molecule has 0 spiro atoms. The molecule has 54 heavy (non-hydrogen) atoms. The summed E-state index contributed by atoms with van der Waals surface area (Å²) in [4.78, 5) is 18.2. The fraction of sp³-hybridized carbons (Fsp3) is 0.419. The SMILES string of the molecule is Cc1c(OCCCN2CCC(F)CC2)cccc1-c1cccc2c1CC[C@@H]2Oc1cc(OCc2cncc(C#N)c2)c(CNC[C@@H]2CCC(=O)N2)cc1Cl. The first-order valence-corrected chi connectivity index (χ1v) is 19.4. The zero-order valence-electron chi connectivity index (χ0n) is 30.7. The van der Waals surface area contributed by atoms with Crippen LogP contribution in [0.15, 0.2) is 67.0 Å². The van der Waals surface area contributed by atoms with Crippen molar-refractivity contribution in [1.82, 2.24) is 20.5 Å². The highest BCUT2D eigenvalue weighted by atomic mass is 35.5. The Morgan fingerprint density at radius 1 is 1.00 bits per heavy atom. The van der Waals surface area contributed by atoms with Crippen molar-refractivity contribution in [2.24, 2.45) is 0 Å². The molecule has 0 bridgehead atoms. The lowest BCUT2D eigenvalue weighted by Gasteiger charge is -2.28. The highest BCUT2D eigenvalue weighted by molar-refractivity contribution is 6.32. The molecular weight excluding hydrogens is 705 g/mol. The molecule has 2 aliphatic heterocycles. The number of likely N-dealkylation sites (tertiary alicyclic amines) is 1. The third kappa shape index (κ3) is 9.15. The van der Waals surface area contributed by atoms with Crippen LogP contribution in [0.5, 0.6) is 17.2 Å². The van der Waals surface area contributed by atoms with E-state index < -0.39 is 6.17 Å². The zero-order valence-corrected chi connectivity index (χ0v) is 31.5. The molecule has 2 atom stereocenters. The highest BCUT2D eigenvalue weighted by Crippen LogP contribution is 2.44. The number of alkyl halides is 1. The number of halogens is 2. The van der Waals surface area contributed by atoms with Gasteiger partial charge in [0.25, 0.3) is 0 Å². The van der Waals surface area contributed by atoms with Crippen molar-refractivity contribution in [3.05, 3.63) is 105 Å². The molecule has 2 fully saturated rings. The molecule has 3 heterocycles.